The highest BCUT2D eigenvalue weighted by atomic mass is 32.2. The number of methoxy groups -OCH3 is 1. The van der Waals surface area contributed by atoms with Crippen molar-refractivity contribution >= 4 is 40.8 Å². The van der Waals surface area contributed by atoms with Gasteiger partial charge >= 0.3 is 12.1 Å². The van der Waals surface area contributed by atoms with Gasteiger partial charge in [-0.15, -0.1) is 0 Å². The van der Waals surface area contributed by atoms with Crippen LogP contribution in [0.3, 0.4) is 0 Å². The minimum atomic E-state index is -1.02. The molecule has 2 atom stereocenters. The van der Waals surface area contributed by atoms with Crippen LogP contribution in [0.2, 0.25) is 0 Å². The van der Waals surface area contributed by atoms with Crippen molar-refractivity contribution in [1.29, 1.82) is 0 Å². The van der Waals surface area contributed by atoms with Crippen LogP contribution in [0.15, 0.2) is 0 Å². The van der Waals surface area contributed by atoms with Crippen molar-refractivity contribution in [2.75, 3.05) is 32.6 Å². The van der Waals surface area contributed by atoms with Gasteiger partial charge in [-0.05, 0) is 41.0 Å². The number of hydrogen-bond donors (Lipinski definition) is 3. The first-order chi connectivity index (χ1) is 17.5. The van der Waals surface area contributed by atoms with Crippen molar-refractivity contribution < 1.29 is 42.9 Å². The van der Waals surface area contributed by atoms with Gasteiger partial charge in [-0.25, -0.2) is 9.59 Å². The van der Waals surface area contributed by atoms with E-state index in [-0.39, 0.29) is 49.3 Å². The molecule has 3 N–H and O–H groups in total. The molecule has 0 saturated carbocycles. The lowest BCUT2D eigenvalue weighted by molar-refractivity contribution is -0.304. The molecule has 1 fully saturated rings. The number of hydrogen-bond acceptors (Lipinski definition) is 10. The van der Waals surface area contributed by atoms with Gasteiger partial charge in [0.2, 0.25) is 11.8 Å². The fourth-order valence-corrected chi connectivity index (χ4v) is 4.03. The Morgan fingerprint density at radius 1 is 1.03 bits per heavy atom. The minimum absolute atomic E-state index is 0.0155. The maximum Gasteiger partial charge on any atom is 0.408 e. The fourth-order valence-electron chi connectivity index (χ4n) is 3.33. The highest BCUT2D eigenvalue weighted by molar-refractivity contribution is 8.13. The van der Waals surface area contributed by atoms with E-state index >= 15 is 0 Å². The Labute approximate surface area is 229 Å². The molecular weight excluding hydrogens is 518 g/mol. The van der Waals surface area contributed by atoms with Crippen molar-refractivity contribution in [2.24, 2.45) is 5.41 Å². The summed E-state index contributed by atoms with van der Waals surface area (Å²) in [6.45, 7) is 13.1. The number of thioether (sulfide) groups is 1. The van der Waals surface area contributed by atoms with E-state index in [0.29, 0.717) is 12.4 Å². The molecule has 0 unspecified atom stereocenters. The monoisotopic (exact) mass is 561 g/mol. The Balaban J connectivity index is 2.30. The first kappa shape index (κ1) is 33.6. The molecule has 38 heavy (non-hydrogen) atoms. The van der Waals surface area contributed by atoms with Crippen LogP contribution in [-0.4, -0.2) is 85.1 Å². The van der Waals surface area contributed by atoms with Crippen molar-refractivity contribution in [3.8, 4) is 0 Å². The highest BCUT2D eigenvalue weighted by Crippen LogP contribution is 2.34. The number of carbonyl (C=O) groups excluding carboxylic acids is 5. The van der Waals surface area contributed by atoms with E-state index in [1.807, 2.05) is 13.8 Å². The standard InChI is InChI=1S/C25H43N3O9S/c1-23(2,3)37-22(33)28-16(21(32)34-8)9-10-18(30)38-14-13-26-17(29)11-12-27-20(31)19-24(4,5)15-35-25(6,7)36-19/h16,19H,9-15H2,1-8H3,(H,26,29)(H,27,31)(H,28,33)/t16-,19-/m0/s1. The van der Waals surface area contributed by atoms with Crippen molar-refractivity contribution in [1.82, 2.24) is 16.0 Å². The Hall–Kier alpha value is -2.38. The molecule has 1 rings (SSSR count). The number of carbonyl (C=O) groups is 5. The zero-order chi connectivity index (χ0) is 29.1. The summed E-state index contributed by atoms with van der Waals surface area (Å²) in [7, 11) is 1.19. The van der Waals surface area contributed by atoms with Crippen LogP contribution in [0.25, 0.3) is 0 Å². The van der Waals surface area contributed by atoms with Crippen LogP contribution >= 0.6 is 11.8 Å². The number of ether oxygens (including phenoxy) is 4. The van der Waals surface area contributed by atoms with E-state index < -0.39 is 41.0 Å². The molecule has 1 heterocycles. The smallest absolute Gasteiger partial charge is 0.408 e. The first-order valence-corrected chi connectivity index (χ1v) is 13.5. The molecule has 1 aliphatic heterocycles. The van der Waals surface area contributed by atoms with Crippen LogP contribution in [0.5, 0.6) is 0 Å². The van der Waals surface area contributed by atoms with Crippen LogP contribution in [-0.2, 0) is 38.1 Å². The Kier molecular flexibility index (Phi) is 13.0. The third-order valence-electron chi connectivity index (χ3n) is 5.29. The van der Waals surface area contributed by atoms with Crippen LogP contribution in [0, 0.1) is 5.41 Å². The molecule has 0 bridgehead atoms. The maximum atomic E-state index is 12.6. The summed E-state index contributed by atoms with van der Waals surface area (Å²) in [5, 5.41) is 7.65. The van der Waals surface area contributed by atoms with Crippen molar-refractivity contribution in [2.45, 2.75) is 91.3 Å². The van der Waals surface area contributed by atoms with Gasteiger partial charge in [0.25, 0.3) is 0 Å². The third-order valence-corrected chi connectivity index (χ3v) is 6.23. The quantitative estimate of drug-likeness (QED) is 0.237. The summed E-state index contributed by atoms with van der Waals surface area (Å²) in [5.74, 6) is -1.77. The van der Waals surface area contributed by atoms with E-state index in [9.17, 15) is 24.0 Å². The fraction of sp³-hybridized carbons (Fsp3) is 0.800. The molecule has 0 aliphatic carbocycles. The molecular formula is C25H43N3O9S. The summed E-state index contributed by atoms with van der Waals surface area (Å²) in [4.78, 5) is 60.8. The van der Waals surface area contributed by atoms with Gasteiger partial charge in [-0.3, -0.25) is 14.4 Å². The second-order valence-electron chi connectivity index (χ2n) is 11.0. The number of esters is 1. The molecule has 0 aromatic rings. The SMILES string of the molecule is COC(=O)[C@H](CCC(=O)SCCNC(=O)CCNC(=O)[C@@H]1OC(C)(C)OCC1(C)C)NC(=O)OC(C)(C)C. The molecule has 0 aromatic heterocycles. The lowest BCUT2D eigenvalue weighted by atomic mass is 9.85. The molecule has 0 spiro atoms. The molecule has 0 aromatic carbocycles. The average Bonchev–Trinajstić information content (AvgIpc) is 2.79. The molecule has 13 heteroatoms. The predicted molar refractivity (Wildman–Crippen MR) is 141 cm³/mol. The second kappa shape index (κ2) is 14.7. The highest BCUT2D eigenvalue weighted by Gasteiger charge is 2.45. The van der Waals surface area contributed by atoms with Gasteiger partial charge in [-0.2, -0.15) is 0 Å². The van der Waals surface area contributed by atoms with Gasteiger partial charge < -0.3 is 34.9 Å². The molecule has 12 nitrogen and oxygen atoms in total. The largest absolute Gasteiger partial charge is 0.467 e. The van der Waals surface area contributed by atoms with Gasteiger partial charge in [0.05, 0.1) is 13.7 Å². The Morgan fingerprint density at radius 2 is 1.68 bits per heavy atom. The summed E-state index contributed by atoms with van der Waals surface area (Å²) >= 11 is 1.01. The number of alkyl carbamates (subject to hydrolysis) is 1. The van der Waals surface area contributed by atoms with E-state index in [0.717, 1.165) is 11.8 Å². The number of nitrogens with one attached hydrogen (secondary N) is 3. The van der Waals surface area contributed by atoms with Crippen molar-refractivity contribution in [3.05, 3.63) is 0 Å². The summed E-state index contributed by atoms with van der Waals surface area (Å²) in [5.41, 5.74) is -1.24. The predicted octanol–water partition coefficient (Wildman–Crippen LogP) is 1.89. The van der Waals surface area contributed by atoms with Crippen LogP contribution in [0.1, 0.15) is 67.7 Å². The summed E-state index contributed by atoms with van der Waals surface area (Å²) in [6, 6.07) is -1.02. The first-order valence-electron chi connectivity index (χ1n) is 12.5. The van der Waals surface area contributed by atoms with Gasteiger partial charge in [0, 0.05) is 37.1 Å². The Morgan fingerprint density at radius 3 is 2.29 bits per heavy atom. The molecule has 1 aliphatic rings. The molecule has 1 saturated heterocycles. The lowest BCUT2D eigenvalue weighted by Crippen LogP contribution is -2.56. The van der Waals surface area contributed by atoms with Crippen molar-refractivity contribution in [3.63, 3.8) is 0 Å². The molecule has 218 valence electrons. The van der Waals surface area contributed by atoms with E-state index in [2.05, 4.69) is 20.7 Å². The second-order valence-corrected chi connectivity index (χ2v) is 12.2. The van der Waals surface area contributed by atoms with E-state index in [1.165, 1.54) is 7.11 Å². The lowest BCUT2D eigenvalue weighted by Gasteiger charge is -2.44. The van der Waals surface area contributed by atoms with Crippen LogP contribution in [0.4, 0.5) is 4.79 Å². The van der Waals surface area contributed by atoms with Gasteiger partial charge in [-0.1, -0.05) is 25.6 Å². The average molecular weight is 562 g/mol. The molecule has 0 radical (unpaired) electrons. The van der Waals surface area contributed by atoms with Gasteiger partial charge in [0.1, 0.15) is 17.7 Å². The van der Waals surface area contributed by atoms with Gasteiger partial charge in [0.15, 0.2) is 10.9 Å². The summed E-state index contributed by atoms with van der Waals surface area (Å²) in [6.07, 6.45) is -1.33. The minimum Gasteiger partial charge on any atom is -0.467 e. The number of rotatable bonds is 12. The van der Waals surface area contributed by atoms with Crippen LogP contribution < -0.4 is 16.0 Å². The topological polar surface area (TPSA) is 158 Å². The third kappa shape index (κ3) is 12.9. The zero-order valence-electron chi connectivity index (χ0n) is 23.7. The maximum absolute atomic E-state index is 12.6. The summed E-state index contributed by atoms with van der Waals surface area (Å²) < 4.78 is 21.2. The van der Waals surface area contributed by atoms with E-state index in [4.69, 9.17) is 14.2 Å². The zero-order valence-corrected chi connectivity index (χ0v) is 24.5. The number of amides is 3. The van der Waals surface area contributed by atoms with E-state index in [1.54, 1.807) is 34.6 Å². The normalized spacial score (nSPS) is 19.0. The molecule has 3 amide bonds. The Bertz CT molecular complexity index is 856.